The van der Waals surface area contributed by atoms with Crippen LogP contribution in [0.4, 0.5) is 4.79 Å². The van der Waals surface area contributed by atoms with Crippen LogP contribution in [-0.4, -0.2) is 61.3 Å². The van der Waals surface area contributed by atoms with Crippen molar-refractivity contribution in [3.05, 3.63) is 35.5 Å². The van der Waals surface area contributed by atoms with Gasteiger partial charge >= 0.3 is 6.03 Å². The Morgan fingerprint density at radius 2 is 1.85 bits per heavy atom. The molecule has 3 amide bonds. The molecule has 0 aromatic heterocycles. The van der Waals surface area contributed by atoms with E-state index in [9.17, 15) is 9.59 Å². The molecule has 1 saturated heterocycles. The number of nitrogens with zero attached hydrogens (tertiary/aromatic N) is 3. The minimum atomic E-state index is -0.927. The molecule has 1 aromatic rings. The van der Waals surface area contributed by atoms with Gasteiger partial charge in [-0.05, 0) is 44.9 Å². The lowest BCUT2D eigenvalue weighted by Gasteiger charge is -2.27. The van der Waals surface area contributed by atoms with Gasteiger partial charge in [-0.15, -0.1) is 0 Å². The number of methoxy groups -OCH3 is 2. The van der Waals surface area contributed by atoms with E-state index in [0.717, 1.165) is 5.56 Å². The number of carbonyl (C=O) groups is 2. The highest BCUT2D eigenvalue weighted by molar-refractivity contribution is 6.11. The van der Waals surface area contributed by atoms with Crippen LogP contribution in [0, 0.1) is 0 Å². The predicted molar refractivity (Wildman–Crippen MR) is 104 cm³/mol. The largest absolute Gasteiger partial charge is 0.493 e. The van der Waals surface area contributed by atoms with Crippen molar-refractivity contribution in [3.8, 4) is 11.5 Å². The van der Waals surface area contributed by atoms with E-state index in [2.05, 4.69) is 4.99 Å². The van der Waals surface area contributed by atoms with Gasteiger partial charge in [0.2, 0.25) is 0 Å². The molecule has 1 aliphatic heterocycles. The number of aliphatic imine (C=N–C) groups is 1. The molecule has 0 spiro atoms. The summed E-state index contributed by atoms with van der Waals surface area (Å²) < 4.78 is 10.6. The minimum Gasteiger partial charge on any atom is -0.493 e. The van der Waals surface area contributed by atoms with E-state index < -0.39 is 5.54 Å². The molecule has 7 nitrogen and oxygen atoms in total. The summed E-state index contributed by atoms with van der Waals surface area (Å²) in [5.74, 6) is 1.03. The third kappa shape index (κ3) is 3.82. The highest BCUT2D eigenvalue weighted by Crippen LogP contribution is 2.31. The topological polar surface area (TPSA) is 71.4 Å². The summed E-state index contributed by atoms with van der Waals surface area (Å²) in [4.78, 5) is 32.5. The fourth-order valence-electron chi connectivity index (χ4n) is 3.11. The zero-order valence-corrected chi connectivity index (χ0v) is 16.8. The first kappa shape index (κ1) is 20.5. The van der Waals surface area contributed by atoms with Crippen LogP contribution < -0.4 is 9.47 Å². The minimum absolute atomic E-state index is 0.257. The molecule has 146 valence electrons. The van der Waals surface area contributed by atoms with Crippen LogP contribution in [0.5, 0.6) is 11.5 Å². The van der Waals surface area contributed by atoms with Crippen molar-refractivity contribution in [2.75, 3.05) is 27.8 Å². The Labute approximate surface area is 160 Å². The van der Waals surface area contributed by atoms with Gasteiger partial charge in [-0.2, -0.15) is 0 Å². The van der Waals surface area contributed by atoms with Crippen molar-refractivity contribution < 1.29 is 19.1 Å². The number of ether oxygens (including phenoxy) is 2. The second-order valence-corrected chi connectivity index (χ2v) is 6.67. The molecule has 0 atom stereocenters. The van der Waals surface area contributed by atoms with Crippen molar-refractivity contribution in [1.29, 1.82) is 0 Å². The van der Waals surface area contributed by atoms with Crippen LogP contribution in [0.15, 0.2) is 35.0 Å². The summed E-state index contributed by atoms with van der Waals surface area (Å²) >= 11 is 0. The highest BCUT2D eigenvalue weighted by atomic mass is 16.5. The van der Waals surface area contributed by atoms with E-state index >= 15 is 0 Å². The Morgan fingerprint density at radius 3 is 2.41 bits per heavy atom. The monoisotopic (exact) mass is 373 g/mol. The van der Waals surface area contributed by atoms with Crippen LogP contribution >= 0.6 is 0 Å². The van der Waals surface area contributed by atoms with Crippen molar-refractivity contribution in [3.63, 3.8) is 0 Å². The summed E-state index contributed by atoms with van der Waals surface area (Å²) in [5.41, 5.74) is 0.543. The lowest BCUT2D eigenvalue weighted by atomic mass is 10.0. The number of rotatable bonds is 7. The fraction of sp³-hybridized carbons (Fsp3) is 0.450. The first-order valence-corrected chi connectivity index (χ1v) is 8.77. The summed E-state index contributed by atoms with van der Waals surface area (Å²) in [5, 5.41) is 0. The molecule has 0 bridgehead atoms. The average molecular weight is 373 g/mol. The molecule has 0 saturated carbocycles. The Kier molecular flexibility index (Phi) is 6.25. The fourth-order valence-corrected chi connectivity index (χ4v) is 3.11. The van der Waals surface area contributed by atoms with Crippen molar-refractivity contribution >= 4 is 18.2 Å². The average Bonchev–Trinajstić information content (AvgIpc) is 2.82. The van der Waals surface area contributed by atoms with Gasteiger partial charge in [0.15, 0.2) is 11.5 Å². The zero-order chi connectivity index (χ0) is 20.2. The zero-order valence-electron chi connectivity index (χ0n) is 16.8. The Hall–Kier alpha value is -2.83. The molecular weight excluding hydrogens is 346 g/mol. The normalized spacial score (nSPS) is 17.2. The third-order valence-electron chi connectivity index (χ3n) is 4.71. The molecule has 1 aromatic carbocycles. The highest BCUT2D eigenvalue weighted by Gasteiger charge is 2.51. The van der Waals surface area contributed by atoms with Gasteiger partial charge in [-0.3, -0.25) is 9.79 Å². The van der Waals surface area contributed by atoms with Gasteiger partial charge in [0, 0.05) is 19.8 Å². The van der Waals surface area contributed by atoms with Gasteiger partial charge in [0.05, 0.1) is 19.9 Å². The van der Waals surface area contributed by atoms with E-state index in [1.165, 1.54) is 11.1 Å². The maximum Gasteiger partial charge on any atom is 0.332 e. The quantitative estimate of drug-likeness (QED) is 0.544. The van der Waals surface area contributed by atoms with E-state index in [4.69, 9.17) is 9.47 Å². The van der Waals surface area contributed by atoms with E-state index in [1.54, 1.807) is 53.0 Å². The number of amides is 3. The molecule has 0 radical (unpaired) electrons. The Morgan fingerprint density at radius 1 is 1.19 bits per heavy atom. The van der Waals surface area contributed by atoms with Crippen molar-refractivity contribution in [2.45, 2.75) is 32.7 Å². The Bertz CT molecular complexity index is 783. The predicted octanol–water partition coefficient (Wildman–Crippen LogP) is 2.89. The van der Waals surface area contributed by atoms with E-state index in [0.29, 0.717) is 30.2 Å². The SMILES string of the molecule is CC=C(C=NC)N1C(=O)N(CCc2ccc(OC)c(OC)c2)C(C)(C)C1=O. The number of hydrogen-bond acceptors (Lipinski definition) is 5. The van der Waals surface area contributed by atoms with Gasteiger partial charge in [-0.25, -0.2) is 9.69 Å². The standard InChI is InChI=1S/C20H27N3O4/c1-7-15(13-21-4)23-18(24)20(2,3)22(19(23)25)11-10-14-8-9-16(26-5)17(12-14)27-6/h7-9,12-13H,10-11H2,1-6H3. The Balaban J connectivity index is 2.23. The molecule has 2 rings (SSSR count). The van der Waals surface area contributed by atoms with E-state index in [1.807, 2.05) is 18.2 Å². The number of allylic oxidation sites excluding steroid dienone is 2. The van der Waals surface area contributed by atoms with Crippen LogP contribution in [0.25, 0.3) is 0 Å². The van der Waals surface area contributed by atoms with Crippen LogP contribution in [-0.2, 0) is 11.2 Å². The molecule has 27 heavy (non-hydrogen) atoms. The lowest BCUT2D eigenvalue weighted by molar-refractivity contribution is -0.130. The van der Waals surface area contributed by atoms with E-state index in [-0.39, 0.29) is 11.9 Å². The van der Waals surface area contributed by atoms with Crippen LogP contribution in [0.1, 0.15) is 26.3 Å². The number of hydrogen-bond donors (Lipinski definition) is 0. The number of urea groups is 1. The molecule has 0 unspecified atom stereocenters. The first-order valence-electron chi connectivity index (χ1n) is 8.77. The van der Waals surface area contributed by atoms with Crippen molar-refractivity contribution in [1.82, 2.24) is 9.80 Å². The molecule has 1 heterocycles. The van der Waals surface area contributed by atoms with Gasteiger partial charge < -0.3 is 14.4 Å². The molecule has 1 fully saturated rings. The summed E-state index contributed by atoms with van der Waals surface area (Å²) in [6.07, 6.45) is 3.81. The number of benzene rings is 1. The van der Waals surface area contributed by atoms with Gasteiger partial charge in [-0.1, -0.05) is 12.1 Å². The van der Waals surface area contributed by atoms with Gasteiger partial charge in [0.25, 0.3) is 5.91 Å². The second kappa shape index (κ2) is 8.24. The lowest BCUT2D eigenvalue weighted by Crippen LogP contribution is -2.45. The number of carbonyl (C=O) groups excluding carboxylic acids is 2. The summed E-state index contributed by atoms with van der Waals surface area (Å²) in [7, 11) is 4.77. The molecule has 7 heteroatoms. The summed E-state index contributed by atoms with van der Waals surface area (Å²) in [6.45, 7) is 5.71. The molecule has 1 aliphatic rings. The number of imide groups is 1. The smallest absolute Gasteiger partial charge is 0.332 e. The van der Waals surface area contributed by atoms with Crippen LogP contribution in [0.2, 0.25) is 0 Å². The maximum atomic E-state index is 12.9. The molecular formula is C20H27N3O4. The van der Waals surface area contributed by atoms with Gasteiger partial charge in [0.1, 0.15) is 5.54 Å². The van der Waals surface area contributed by atoms with Crippen molar-refractivity contribution in [2.24, 2.45) is 4.99 Å². The molecule has 0 N–H and O–H groups in total. The maximum absolute atomic E-state index is 12.9. The third-order valence-corrected chi connectivity index (χ3v) is 4.71. The summed E-state index contributed by atoms with van der Waals surface area (Å²) in [6, 6.07) is 5.31. The first-order chi connectivity index (χ1) is 12.8. The molecule has 0 aliphatic carbocycles. The second-order valence-electron chi connectivity index (χ2n) is 6.67. The van der Waals surface area contributed by atoms with Crippen LogP contribution in [0.3, 0.4) is 0 Å².